The molecule has 1 saturated heterocycles. The molecule has 0 aliphatic carbocycles. The van der Waals surface area contributed by atoms with Gasteiger partial charge in [0.25, 0.3) is 5.91 Å². The summed E-state index contributed by atoms with van der Waals surface area (Å²) in [6.45, 7) is 3.96. The normalized spacial score (nSPS) is 16.1. The molecule has 122 valence electrons. The highest BCUT2D eigenvalue weighted by Crippen LogP contribution is 2.37. The fraction of sp³-hybridized carbons (Fsp3) is 0.158. The van der Waals surface area contributed by atoms with Gasteiger partial charge in [0.05, 0.1) is 17.7 Å². The van der Waals surface area contributed by atoms with E-state index >= 15 is 0 Å². The van der Waals surface area contributed by atoms with Crippen LogP contribution in [0, 0.1) is 13.8 Å². The lowest BCUT2D eigenvalue weighted by molar-refractivity contribution is -0.113. The van der Waals surface area contributed by atoms with Crippen molar-refractivity contribution in [3.63, 3.8) is 0 Å². The van der Waals surface area contributed by atoms with Crippen LogP contribution in [0.15, 0.2) is 47.4 Å². The van der Waals surface area contributed by atoms with Crippen LogP contribution in [0.3, 0.4) is 0 Å². The van der Waals surface area contributed by atoms with Crippen LogP contribution in [-0.2, 0) is 4.79 Å². The van der Waals surface area contributed by atoms with Crippen molar-refractivity contribution < 1.29 is 9.53 Å². The molecule has 1 aliphatic rings. The van der Waals surface area contributed by atoms with Gasteiger partial charge in [-0.2, -0.15) is 0 Å². The van der Waals surface area contributed by atoms with E-state index in [0.29, 0.717) is 9.23 Å². The highest BCUT2D eigenvalue weighted by molar-refractivity contribution is 8.27. The number of thiocarbonyl (C=S) groups is 1. The molecule has 0 saturated carbocycles. The Kier molecular flexibility index (Phi) is 4.73. The van der Waals surface area contributed by atoms with Crippen molar-refractivity contribution in [2.75, 3.05) is 12.0 Å². The maximum absolute atomic E-state index is 12.8. The van der Waals surface area contributed by atoms with E-state index in [1.807, 2.05) is 62.4 Å². The highest BCUT2D eigenvalue weighted by Gasteiger charge is 2.33. The quantitative estimate of drug-likeness (QED) is 0.589. The van der Waals surface area contributed by atoms with Crippen LogP contribution in [-0.4, -0.2) is 17.3 Å². The van der Waals surface area contributed by atoms with E-state index in [1.54, 1.807) is 12.0 Å². The number of ether oxygens (including phenoxy) is 1. The first-order valence-electron chi connectivity index (χ1n) is 7.49. The van der Waals surface area contributed by atoms with Gasteiger partial charge >= 0.3 is 0 Å². The van der Waals surface area contributed by atoms with Crippen LogP contribution >= 0.6 is 24.0 Å². The second-order valence-electron chi connectivity index (χ2n) is 5.53. The van der Waals surface area contributed by atoms with Gasteiger partial charge in [-0.15, -0.1) is 0 Å². The van der Waals surface area contributed by atoms with Gasteiger partial charge in [-0.1, -0.05) is 54.3 Å². The molecule has 0 aromatic heterocycles. The van der Waals surface area contributed by atoms with Crippen LogP contribution < -0.4 is 9.64 Å². The predicted octanol–water partition coefficient (Wildman–Crippen LogP) is 4.72. The lowest BCUT2D eigenvalue weighted by Gasteiger charge is -2.16. The number of methoxy groups -OCH3 is 1. The van der Waals surface area contributed by atoms with Gasteiger partial charge < -0.3 is 4.74 Å². The maximum atomic E-state index is 12.8. The van der Waals surface area contributed by atoms with E-state index in [9.17, 15) is 4.79 Å². The van der Waals surface area contributed by atoms with Crippen LogP contribution in [0.2, 0.25) is 0 Å². The molecule has 1 heterocycles. The minimum atomic E-state index is -0.0844. The summed E-state index contributed by atoms with van der Waals surface area (Å²) < 4.78 is 5.90. The number of nitrogens with zero attached hydrogens (tertiary/aromatic N) is 1. The van der Waals surface area contributed by atoms with Gasteiger partial charge in [0.15, 0.2) is 4.32 Å². The fourth-order valence-electron chi connectivity index (χ4n) is 2.57. The Balaban J connectivity index is 1.96. The zero-order valence-electron chi connectivity index (χ0n) is 13.7. The van der Waals surface area contributed by atoms with Crippen molar-refractivity contribution in [3.8, 4) is 5.75 Å². The second-order valence-corrected chi connectivity index (χ2v) is 7.21. The predicted molar refractivity (Wildman–Crippen MR) is 105 cm³/mol. The van der Waals surface area contributed by atoms with Crippen molar-refractivity contribution in [1.29, 1.82) is 0 Å². The van der Waals surface area contributed by atoms with E-state index in [1.165, 1.54) is 11.8 Å². The smallest absolute Gasteiger partial charge is 0.270 e. The monoisotopic (exact) mass is 355 g/mol. The number of carbonyl (C=O) groups is 1. The topological polar surface area (TPSA) is 29.5 Å². The van der Waals surface area contributed by atoms with Crippen LogP contribution in [0.25, 0.3) is 6.08 Å². The summed E-state index contributed by atoms with van der Waals surface area (Å²) >= 11 is 6.75. The summed E-state index contributed by atoms with van der Waals surface area (Å²) in [6.07, 6.45) is 1.86. The van der Waals surface area contributed by atoms with Crippen LogP contribution in [0.5, 0.6) is 5.75 Å². The SMILES string of the molecule is COc1cc(/C=C2/SC(=S)N(c3ccccc3C)C2=O)ccc1C. The maximum Gasteiger partial charge on any atom is 0.270 e. The van der Waals surface area contributed by atoms with E-state index in [0.717, 1.165) is 28.1 Å². The van der Waals surface area contributed by atoms with Gasteiger partial charge in [-0.3, -0.25) is 9.69 Å². The summed E-state index contributed by atoms with van der Waals surface area (Å²) in [5.41, 5.74) is 3.83. The third-order valence-corrected chi connectivity index (χ3v) is 5.18. The minimum Gasteiger partial charge on any atom is -0.496 e. The number of benzene rings is 2. The molecule has 3 rings (SSSR count). The number of hydrogen-bond acceptors (Lipinski definition) is 4. The molecule has 0 atom stereocenters. The second kappa shape index (κ2) is 6.79. The first-order chi connectivity index (χ1) is 11.5. The minimum absolute atomic E-state index is 0.0844. The molecule has 1 aliphatic heterocycles. The Bertz CT molecular complexity index is 858. The van der Waals surface area contributed by atoms with Crippen molar-refractivity contribution in [2.24, 2.45) is 0 Å². The summed E-state index contributed by atoms with van der Waals surface area (Å²) in [5, 5.41) is 0. The first-order valence-corrected chi connectivity index (χ1v) is 8.72. The van der Waals surface area contributed by atoms with E-state index in [2.05, 4.69) is 0 Å². The third kappa shape index (κ3) is 3.09. The van der Waals surface area contributed by atoms with Gasteiger partial charge in [-0.25, -0.2) is 0 Å². The van der Waals surface area contributed by atoms with E-state index in [4.69, 9.17) is 17.0 Å². The number of carbonyl (C=O) groups excluding carboxylic acids is 1. The molecule has 2 aromatic rings. The number of thioether (sulfide) groups is 1. The number of amides is 1. The van der Waals surface area contributed by atoms with Gasteiger partial charge in [0, 0.05) is 0 Å². The molecule has 0 spiro atoms. The van der Waals surface area contributed by atoms with Gasteiger partial charge in [0.2, 0.25) is 0 Å². The number of para-hydroxylation sites is 1. The summed E-state index contributed by atoms with van der Waals surface area (Å²) in [7, 11) is 1.64. The fourth-order valence-corrected chi connectivity index (χ4v) is 3.85. The molecule has 0 bridgehead atoms. The molecule has 1 amide bonds. The number of hydrogen-bond donors (Lipinski definition) is 0. The first kappa shape index (κ1) is 16.7. The molecule has 0 unspecified atom stereocenters. The third-order valence-electron chi connectivity index (χ3n) is 3.88. The molecule has 0 radical (unpaired) electrons. The standard InChI is InChI=1S/C19H17NO2S2/c1-12-6-4-5-7-15(12)20-18(21)17(24-19(20)23)11-14-9-8-13(2)16(10-14)22-3/h4-11H,1-3H3/b17-11+. The van der Waals surface area contributed by atoms with Crippen molar-refractivity contribution in [1.82, 2.24) is 0 Å². The number of aryl methyl sites for hydroxylation is 2. The summed E-state index contributed by atoms with van der Waals surface area (Å²) in [5.74, 6) is 0.719. The molecule has 24 heavy (non-hydrogen) atoms. The Morgan fingerprint density at radius 2 is 1.88 bits per heavy atom. The molecule has 1 fully saturated rings. The van der Waals surface area contributed by atoms with Crippen LogP contribution in [0.4, 0.5) is 5.69 Å². The molecular formula is C19H17NO2S2. The van der Waals surface area contributed by atoms with Crippen molar-refractivity contribution >= 4 is 46.0 Å². The lowest BCUT2D eigenvalue weighted by Crippen LogP contribution is -2.28. The Hall–Kier alpha value is -2.11. The number of rotatable bonds is 3. The van der Waals surface area contributed by atoms with Crippen molar-refractivity contribution in [2.45, 2.75) is 13.8 Å². The average Bonchev–Trinajstić information content (AvgIpc) is 2.84. The van der Waals surface area contributed by atoms with Crippen LogP contribution in [0.1, 0.15) is 16.7 Å². The number of anilines is 1. The zero-order valence-corrected chi connectivity index (χ0v) is 15.3. The molecule has 0 N–H and O–H groups in total. The van der Waals surface area contributed by atoms with Gasteiger partial charge in [0.1, 0.15) is 5.75 Å². The zero-order chi connectivity index (χ0) is 17.3. The summed E-state index contributed by atoms with van der Waals surface area (Å²) in [4.78, 5) is 15.0. The lowest BCUT2D eigenvalue weighted by atomic mass is 10.1. The molecule has 2 aromatic carbocycles. The average molecular weight is 355 g/mol. The van der Waals surface area contributed by atoms with Crippen molar-refractivity contribution in [3.05, 3.63) is 64.1 Å². The largest absolute Gasteiger partial charge is 0.496 e. The molecular weight excluding hydrogens is 338 g/mol. The van der Waals surface area contributed by atoms with E-state index in [-0.39, 0.29) is 5.91 Å². The molecule has 5 heteroatoms. The Morgan fingerprint density at radius 1 is 1.12 bits per heavy atom. The highest BCUT2D eigenvalue weighted by atomic mass is 32.2. The molecule has 3 nitrogen and oxygen atoms in total. The van der Waals surface area contributed by atoms with E-state index < -0.39 is 0 Å². The Labute approximate surface area is 151 Å². The van der Waals surface area contributed by atoms with Gasteiger partial charge in [-0.05, 0) is 48.7 Å². The summed E-state index contributed by atoms with van der Waals surface area (Å²) in [6, 6.07) is 13.6. The Morgan fingerprint density at radius 3 is 2.58 bits per heavy atom.